The maximum atomic E-state index is 10.9. The molecule has 0 bridgehead atoms. The third-order valence-corrected chi connectivity index (χ3v) is 2.12. The highest BCUT2D eigenvalue weighted by Gasteiger charge is 2.07. The third kappa shape index (κ3) is 2.71. The van der Waals surface area contributed by atoms with E-state index in [0.29, 0.717) is 17.7 Å². The fourth-order valence-corrected chi connectivity index (χ4v) is 1.30. The number of esters is 1. The topological polar surface area (TPSA) is 76.1 Å². The number of hydrogen-bond donors (Lipinski definition) is 1. The number of nitrogens with zero attached hydrogens (tertiary/aromatic N) is 1. The van der Waals surface area contributed by atoms with Gasteiger partial charge in [0.2, 0.25) is 0 Å². The molecule has 2 N–H and O–H groups in total. The van der Waals surface area contributed by atoms with Crippen LogP contribution in [0.25, 0.3) is 0 Å². The summed E-state index contributed by atoms with van der Waals surface area (Å²) in [5, 5.41) is 8.88. The first kappa shape index (κ1) is 11.1. The summed E-state index contributed by atoms with van der Waals surface area (Å²) in [6.07, 6.45) is 0.731. The summed E-state index contributed by atoms with van der Waals surface area (Å²) >= 11 is 0. The van der Waals surface area contributed by atoms with Gasteiger partial charge in [-0.1, -0.05) is 12.1 Å². The highest BCUT2D eigenvalue weighted by Crippen LogP contribution is 2.17. The van der Waals surface area contributed by atoms with Crippen molar-refractivity contribution in [1.82, 2.24) is 0 Å². The van der Waals surface area contributed by atoms with E-state index in [-0.39, 0.29) is 12.4 Å². The number of carbonyl (C=O) groups is 1. The molecule has 0 atom stereocenters. The Bertz CT molecular complexity index is 408. The molecule has 1 rings (SSSR count). The van der Waals surface area contributed by atoms with E-state index in [9.17, 15) is 4.79 Å². The lowest BCUT2D eigenvalue weighted by atomic mass is 10.0. The van der Waals surface area contributed by atoms with Crippen molar-refractivity contribution in [1.29, 1.82) is 5.26 Å². The molecule has 0 amide bonds. The molecular formula is C11H12N2O2. The zero-order chi connectivity index (χ0) is 11.3. The number of nitriles is 1. The number of rotatable bonds is 3. The molecule has 0 spiro atoms. The average Bonchev–Trinajstić information content (AvgIpc) is 2.25. The number of anilines is 1. The molecule has 0 aliphatic carbocycles. The van der Waals surface area contributed by atoms with E-state index in [1.54, 1.807) is 18.2 Å². The number of nitrogen functional groups attached to an aromatic ring is 1. The van der Waals surface area contributed by atoms with Crippen LogP contribution in [0.5, 0.6) is 0 Å². The van der Waals surface area contributed by atoms with E-state index in [2.05, 4.69) is 4.74 Å². The summed E-state index contributed by atoms with van der Waals surface area (Å²) in [5.41, 5.74) is 7.30. The Balaban J connectivity index is 2.82. The molecule has 0 saturated carbocycles. The van der Waals surface area contributed by atoms with Crippen LogP contribution in [0.15, 0.2) is 18.2 Å². The van der Waals surface area contributed by atoms with Crippen molar-refractivity contribution in [3.05, 3.63) is 29.3 Å². The van der Waals surface area contributed by atoms with Gasteiger partial charge in [0, 0.05) is 12.1 Å². The van der Waals surface area contributed by atoms with Crippen molar-refractivity contribution in [3.8, 4) is 6.07 Å². The third-order valence-electron chi connectivity index (χ3n) is 2.12. The number of methoxy groups -OCH3 is 1. The van der Waals surface area contributed by atoms with E-state index in [0.717, 1.165) is 5.56 Å². The number of nitrogens with two attached hydrogens (primary N) is 1. The minimum absolute atomic E-state index is 0.259. The largest absolute Gasteiger partial charge is 0.469 e. The molecule has 4 nitrogen and oxygen atoms in total. The quantitative estimate of drug-likeness (QED) is 0.593. The van der Waals surface area contributed by atoms with E-state index < -0.39 is 0 Å². The first-order valence-electron chi connectivity index (χ1n) is 4.53. The molecule has 1 aromatic carbocycles. The Morgan fingerprint density at radius 2 is 2.33 bits per heavy atom. The van der Waals surface area contributed by atoms with Gasteiger partial charge in [-0.3, -0.25) is 4.79 Å². The number of aryl methyl sites for hydroxylation is 1. The number of benzene rings is 1. The van der Waals surface area contributed by atoms with Gasteiger partial charge in [0.1, 0.15) is 6.07 Å². The maximum absolute atomic E-state index is 10.9. The van der Waals surface area contributed by atoms with Crippen LogP contribution >= 0.6 is 0 Å². The van der Waals surface area contributed by atoms with Gasteiger partial charge in [-0.15, -0.1) is 0 Å². The zero-order valence-corrected chi connectivity index (χ0v) is 8.49. The summed E-state index contributed by atoms with van der Waals surface area (Å²) in [5.74, 6) is -0.290. The van der Waals surface area contributed by atoms with Gasteiger partial charge in [-0.25, -0.2) is 0 Å². The van der Waals surface area contributed by atoms with Crippen LogP contribution in [0, 0.1) is 11.3 Å². The highest BCUT2D eigenvalue weighted by atomic mass is 16.5. The van der Waals surface area contributed by atoms with E-state index in [4.69, 9.17) is 11.0 Å². The SMILES string of the molecule is COC(=O)CCc1cccc(N)c1C#N. The minimum atomic E-state index is -0.290. The van der Waals surface area contributed by atoms with Crippen LogP contribution in [0.2, 0.25) is 0 Å². The summed E-state index contributed by atoms with van der Waals surface area (Å²) < 4.78 is 4.52. The second kappa shape index (κ2) is 5.01. The number of ether oxygens (including phenoxy) is 1. The van der Waals surface area contributed by atoms with Crippen LogP contribution in [0.1, 0.15) is 17.5 Å². The second-order valence-electron chi connectivity index (χ2n) is 3.07. The zero-order valence-electron chi connectivity index (χ0n) is 8.49. The van der Waals surface area contributed by atoms with Crippen molar-refractivity contribution >= 4 is 11.7 Å². The average molecular weight is 204 g/mol. The lowest BCUT2D eigenvalue weighted by Gasteiger charge is -2.05. The molecule has 15 heavy (non-hydrogen) atoms. The van der Waals surface area contributed by atoms with Crippen LogP contribution in [-0.4, -0.2) is 13.1 Å². The summed E-state index contributed by atoms with van der Waals surface area (Å²) in [4.78, 5) is 10.9. The molecule has 0 unspecified atom stereocenters. The summed E-state index contributed by atoms with van der Waals surface area (Å²) in [6.45, 7) is 0. The highest BCUT2D eigenvalue weighted by molar-refractivity contribution is 5.70. The van der Waals surface area contributed by atoms with Crippen molar-refractivity contribution in [3.63, 3.8) is 0 Å². The van der Waals surface area contributed by atoms with Gasteiger partial charge < -0.3 is 10.5 Å². The van der Waals surface area contributed by atoms with Crippen molar-refractivity contribution < 1.29 is 9.53 Å². The van der Waals surface area contributed by atoms with Crippen LogP contribution in [-0.2, 0) is 16.0 Å². The van der Waals surface area contributed by atoms with Gasteiger partial charge in [0.25, 0.3) is 0 Å². The lowest BCUT2D eigenvalue weighted by molar-refractivity contribution is -0.140. The van der Waals surface area contributed by atoms with E-state index in [1.165, 1.54) is 7.11 Å². The number of carbonyl (C=O) groups excluding carboxylic acids is 1. The monoisotopic (exact) mass is 204 g/mol. The van der Waals surface area contributed by atoms with Crippen molar-refractivity contribution in [2.45, 2.75) is 12.8 Å². The Morgan fingerprint density at radius 1 is 1.60 bits per heavy atom. The minimum Gasteiger partial charge on any atom is -0.469 e. The molecule has 4 heteroatoms. The maximum Gasteiger partial charge on any atom is 0.305 e. The van der Waals surface area contributed by atoms with Crippen LogP contribution in [0.4, 0.5) is 5.69 Å². The summed E-state index contributed by atoms with van der Waals surface area (Å²) in [6, 6.07) is 7.25. The van der Waals surface area contributed by atoms with Gasteiger partial charge in [0.05, 0.1) is 12.7 Å². The lowest BCUT2D eigenvalue weighted by Crippen LogP contribution is -2.04. The molecule has 0 heterocycles. The molecule has 0 saturated heterocycles. The van der Waals surface area contributed by atoms with Gasteiger partial charge >= 0.3 is 5.97 Å². The fourth-order valence-electron chi connectivity index (χ4n) is 1.30. The Hall–Kier alpha value is -2.02. The van der Waals surface area contributed by atoms with Gasteiger partial charge in [-0.2, -0.15) is 5.26 Å². The smallest absolute Gasteiger partial charge is 0.305 e. The molecular weight excluding hydrogens is 192 g/mol. The van der Waals surface area contributed by atoms with Gasteiger partial charge in [0.15, 0.2) is 0 Å². The van der Waals surface area contributed by atoms with Gasteiger partial charge in [-0.05, 0) is 18.1 Å². The number of hydrogen-bond acceptors (Lipinski definition) is 4. The van der Waals surface area contributed by atoms with Crippen molar-refractivity contribution in [2.24, 2.45) is 0 Å². The molecule has 0 aliphatic heterocycles. The molecule has 1 aromatic rings. The Morgan fingerprint density at radius 3 is 2.93 bits per heavy atom. The standard InChI is InChI=1S/C11H12N2O2/c1-15-11(14)6-5-8-3-2-4-10(13)9(8)7-12/h2-4H,5-6,13H2,1H3. The molecule has 0 aliphatic rings. The Labute approximate surface area is 88.3 Å². The fraction of sp³-hybridized carbons (Fsp3) is 0.273. The second-order valence-corrected chi connectivity index (χ2v) is 3.07. The summed E-state index contributed by atoms with van der Waals surface area (Å²) in [7, 11) is 1.34. The molecule has 0 aromatic heterocycles. The Kier molecular flexibility index (Phi) is 3.69. The predicted molar refractivity (Wildman–Crippen MR) is 55.9 cm³/mol. The molecule has 0 radical (unpaired) electrons. The molecule has 0 fully saturated rings. The first-order valence-corrected chi connectivity index (χ1v) is 4.53. The molecule has 78 valence electrons. The van der Waals surface area contributed by atoms with E-state index >= 15 is 0 Å². The van der Waals surface area contributed by atoms with Crippen LogP contribution < -0.4 is 5.73 Å². The normalized spacial score (nSPS) is 9.33. The van der Waals surface area contributed by atoms with Crippen molar-refractivity contribution in [2.75, 3.05) is 12.8 Å². The van der Waals surface area contributed by atoms with Crippen LogP contribution in [0.3, 0.4) is 0 Å². The first-order chi connectivity index (χ1) is 7.19. The predicted octanol–water partition coefficient (Wildman–Crippen LogP) is 1.25. The van der Waals surface area contributed by atoms with E-state index in [1.807, 2.05) is 6.07 Å².